The molecule has 0 saturated carbocycles. The molecule has 5 heteroatoms. The predicted molar refractivity (Wildman–Crippen MR) is 79.8 cm³/mol. The first-order valence-corrected chi connectivity index (χ1v) is 6.63. The van der Waals surface area contributed by atoms with Crippen molar-refractivity contribution in [1.29, 1.82) is 5.26 Å². The maximum atomic E-state index is 12.1. The van der Waals surface area contributed by atoms with Crippen LogP contribution in [0.25, 0.3) is 6.08 Å². The summed E-state index contributed by atoms with van der Waals surface area (Å²) < 4.78 is 5.79. The van der Waals surface area contributed by atoms with Crippen molar-refractivity contribution in [2.75, 3.05) is 5.32 Å². The fourth-order valence-corrected chi connectivity index (χ4v) is 1.92. The Hall–Kier alpha value is -2.32. The first-order chi connectivity index (χ1) is 9.60. The number of para-hydroxylation sites is 1. The number of hydrogen-bond donors (Lipinski definition) is 1. The quantitative estimate of drug-likeness (QED) is 0.685. The number of aryl methyl sites for hydroxylation is 1. The van der Waals surface area contributed by atoms with E-state index in [1.54, 1.807) is 18.2 Å². The zero-order valence-corrected chi connectivity index (χ0v) is 12.3. The van der Waals surface area contributed by atoms with E-state index in [9.17, 15) is 4.79 Å². The Bertz CT molecular complexity index is 711. The second-order valence-electron chi connectivity index (χ2n) is 4.08. The van der Waals surface area contributed by atoms with Crippen LogP contribution in [-0.4, -0.2) is 5.91 Å². The maximum absolute atomic E-state index is 12.1. The first-order valence-electron chi connectivity index (χ1n) is 5.84. The summed E-state index contributed by atoms with van der Waals surface area (Å²) >= 11 is 3.16. The van der Waals surface area contributed by atoms with Gasteiger partial charge in [0.2, 0.25) is 0 Å². The predicted octanol–water partition coefficient (Wildman–Crippen LogP) is 3.90. The first kappa shape index (κ1) is 14.1. The number of furan rings is 1. The molecule has 0 saturated heterocycles. The van der Waals surface area contributed by atoms with Crippen LogP contribution in [0.5, 0.6) is 0 Å². The maximum Gasteiger partial charge on any atom is 0.266 e. The van der Waals surface area contributed by atoms with Crippen molar-refractivity contribution in [2.45, 2.75) is 6.92 Å². The number of benzene rings is 1. The molecule has 20 heavy (non-hydrogen) atoms. The highest BCUT2D eigenvalue weighted by Crippen LogP contribution is 2.18. The third-order valence-electron chi connectivity index (χ3n) is 2.64. The number of nitriles is 1. The number of carbonyl (C=O) groups is 1. The number of nitrogens with zero attached hydrogens (tertiary/aromatic N) is 1. The van der Waals surface area contributed by atoms with Crippen LogP contribution < -0.4 is 5.32 Å². The lowest BCUT2D eigenvalue weighted by Crippen LogP contribution is -2.14. The Morgan fingerprint density at radius 1 is 1.35 bits per heavy atom. The summed E-state index contributed by atoms with van der Waals surface area (Å²) in [7, 11) is 0. The third-order valence-corrected chi connectivity index (χ3v) is 3.07. The summed E-state index contributed by atoms with van der Waals surface area (Å²) in [6.45, 7) is 1.88. The normalized spacial score (nSPS) is 10.9. The van der Waals surface area contributed by atoms with Crippen LogP contribution in [0, 0.1) is 18.3 Å². The lowest BCUT2D eigenvalue weighted by molar-refractivity contribution is -0.112. The summed E-state index contributed by atoms with van der Waals surface area (Å²) in [5.41, 5.74) is 1.59. The van der Waals surface area contributed by atoms with Crippen LogP contribution in [0.4, 0.5) is 5.69 Å². The number of anilines is 1. The Labute approximate surface area is 124 Å². The molecule has 1 heterocycles. The Morgan fingerprint density at radius 3 is 2.70 bits per heavy atom. The van der Waals surface area contributed by atoms with Gasteiger partial charge >= 0.3 is 0 Å². The molecular weight excluding hydrogens is 320 g/mol. The molecule has 1 aromatic heterocycles. The number of hydrogen-bond acceptors (Lipinski definition) is 3. The molecule has 1 N–H and O–H groups in total. The van der Waals surface area contributed by atoms with E-state index in [1.807, 2.05) is 31.2 Å². The number of nitrogens with one attached hydrogen (secondary N) is 1. The van der Waals surface area contributed by atoms with E-state index >= 15 is 0 Å². The molecule has 0 radical (unpaired) electrons. The van der Waals surface area contributed by atoms with Crippen molar-refractivity contribution in [2.24, 2.45) is 0 Å². The minimum atomic E-state index is -0.464. The van der Waals surface area contributed by atoms with Gasteiger partial charge in [0, 0.05) is 11.8 Å². The molecule has 0 atom stereocenters. The topological polar surface area (TPSA) is 66.0 Å². The number of halogens is 1. The molecule has 0 aliphatic carbocycles. The third kappa shape index (κ3) is 3.37. The van der Waals surface area contributed by atoms with Crippen molar-refractivity contribution in [3.8, 4) is 6.07 Å². The van der Waals surface area contributed by atoms with E-state index in [2.05, 4.69) is 21.2 Å². The smallest absolute Gasteiger partial charge is 0.266 e. The monoisotopic (exact) mass is 330 g/mol. The van der Waals surface area contributed by atoms with Crippen LogP contribution in [0.15, 0.2) is 51.1 Å². The van der Waals surface area contributed by atoms with Gasteiger partial charge in [-0.05, 0) is 46.6 Å². The summed E-state index contributed by atoms with van der Waals surface area (Å²) in [5.74, 6) is -0.0253. The molecule has 0 bridgehead atoms. The van der Waals surface area contributed by atoms with E-state index in [4.69, 9.17) is 9.68 Å². The van der Waals surface area contributed by atoms with Crippen molar-refractivity contribution < 1.29 is 9.21 Å². The highest BCUT2D eigenvalue weighted by molar-refractivity contribution is 9.10. The van der Waals surface area contributed by atoms with Crippen molar-refractivity contribution in [1.82, 2.24) is 0 Å². The molecule has 100 valence electrons. The SMILES string of the molecule is Cc1ccccc1NC(=O)/C(C#N)=C\c1ccc(Br)o1. The van der Waals surface area contributed by atoms with Gasteiger partial charge in [-0.25, -0.2) is 0 Å². The van der Waals surface area contributed by atoms with Gasteiger partial charge in [0.15, 0.2) is 4.67 Å². The van der Waals surface area contributed by atoms with Crippen LogP contribution in [-0.2, 0) is 4.79 Å². The summed E-state index contributed by atoms with van der Waals surface area (Å²) in [6.07, 6.45) is 1.40. The fraction of sp³-hybridized carbons (Fsp3) is 0.0667. The number of amides is 1. The molecule has 2 rings (SSSR count). The second-order valence-corrected chi connectivity index (χ2v) is 4.86. The Balaban J connectivity index is 2.21. The van der Waals surface area contributed by atoms with Crippen molar-refractivity contribution in [3.05, 3.63) is 58.0 Å². The largest absolute Gasteiger partial charge is 0.450 e. The second kappa shape index (κ2) is 6.22. The van der Waals surface area contributed by atoms with Gasteiger partial charge in [0.25, 0.3) is 5.91 Å². The van der Waals surface area contributed by atoms with E-state index in [0.29, 0.717) is 16.1 Å². The molecule has 0 aliphatic rings. The summed E-state index contributed by atoms with van der Waals surface area (Å²) in [5, 5.41) is 11.8. The lowest BCUT2D eigenvalue weighted by Gasteiger charge is -2.06. The summed E-state index contributed by atoms with van der Waals surface area (Å²) in [6, 6.07) is 12.6. The van der Waals surface area contributed by atoms with Crippen LogP contribution >= 0.6 is 15.9 Å². The van der Waals surface area contributed by atoms with E-state index in [0.717, 1.165) is 5.56 Å². The van der Waals surface area contributed by atoms with Gasteiger partial charge in [-0.1, -0.05) is 18.2 Å². The minimum absolute atomic E-state index is 0.0184. The molecule has 0 spiro atoms. The van der Waals surface area contributed by atoms with Gasteiger partial charge in [0.1, 0.15) is 17.4 Å². The van der Waals surface area contributed by atoms with Gasteiger partial charge in [-0.2, -0.15) is 5.26 Å². The Kier molecular flexibility index (Phi) is 4.38. The minimum Gasteiger partial charge on any atom is -0.450 e. The van der Waals surface area contributed by atoms with Gasteiger partial charge in [0.05, 0.1) is 0 Å². The lowest BCUT2D eigenvalue weighted by atomic mass is 10.2. The average molecular weight is 331 g/mol. The molecule has 4 nitrogen and oxygen atoms in total. The van der Waals surface area contributed by atoms with Crippen LogP contribution in [0.2, 0.25) is 0 Å². The van der Waals surface area contributed by atoms with Crippen LogP contribution in [0.3, 0.4) is 0 Å². The molecular formula is C15H11BrN2O2. The van der Waals surface area contributed by atoms with Gasteiger partial charge in [-0.3, -0.25) is 4.79 Å². The molecule has 1 amide bonds. The zero-order chi connectivity index (χ0) is 14.5. The molecule has 0 unspecified atom stereocenters. The zero-order valence-electron chi connectivity index (χ0n) is 10.7. The van der Waals surface area contributed by atoms with Gasteiger partial charge in [-0.15, -0.1) is 0 Å². The molecule has 0 fully saturated rings. The average Bonchev–Trinajstić information content (AvgIpc) is 2.84. The standard InChI is InChI=1S/C15H11BrN2O2/c1-10-4-2-3-5-13(10)18-15(19)11(9-17)8-12-6-7-14(16)20-12/h2-8H,1H3,(H,18,19)/b11-8-. The van der Waals surface area contributed by atoms with Crippen LogP contribution in [0.1, 0.15) is 11.3 Å². The Morgan fingerprint density at radius 2 is 2.10 bits per heavy atom. The highest BCUT2D eigenvalue weighted by Gasteiger charge is 2.11. The number of rotatable bonds is 3. The van der Waals surface area contributed by atoms with E-state index < -0.39 is 5.91 Å². The summed E-state index contributed by atoms with van der Waals surface area (Å²) in [4.78, 5) is 12.1. The molecule has 2 aromatic rings. The molecule has 1 aromatic carbocycles. The molecule has 0 aliphatic heterocycles. The van der Waals surface area contributed by atoms with Crippen molar-refractivity contribution in [3.63, 3.8) is 0 Å². The van der Waals surface area contributed by atoms with Crippen molar-refractivity contribution >= 4 is 33.6 Å². The van der Waals surface area contributed by atoms with Gasteiger partial charge < -0.3 is 9.73 Å². The van der Waals surface area contributed by atoms with E-state index in [1.165, 1.54) is 6.08 Å². The number of carbonyl (C=O) groups excluding carboxylic acids is 1. The highest BCUT2D eigenvalue weighted by atomic mass is 79.9. The van der Waals surface area contributed by atoms with E-state index in [-0.39, 0.29) is 5.57 Å². The fourth-order valence-electron chi connectivity index (χ4n) is 1.60.